The topological polar surface area (TPSA) is 35.5 Å². The Morgan fingerprint density at radius 2 is 1.55 bits per heavy atom. The summed E-state index contributed by atoms with van der Waals surface area (Å²) in [5.41, 5.74) is 2.60. The Hall–Kier alpha value is -2.29. The first kappa shape index (κ1) is 14.1. The average molecular weight is 270 g/mol. The average Bonchev–Trinajstić information content (AvgIpc) is 2.53. The van der Waals surface area contributed by atoms with Gasteiger partial charge in [-0.25, -0.2) is 0 Å². The molecule has 104 valence electrons. The Labute approximate surface area is 119 Å². The van der Waals surface area contributed by atoms with Gasteiger partial charge >= 0.3 is 0 Å². The van der Waals surface area contributed by atoms with Crippen molar-refractivity contribution in [3.05, 3.63) is 48.0 Å². The second kappa shape index (κ2) is 6.24. The molecule has 0 aromatic heterocycles. The van der Waals surface area contributed by atoms with Crippen molar-refractivity contribution in [2.24, 2.45) is 0 Å². The van der Waals surface area contributed by atoms with E-state index < -0.39 is 0 Å². The van der Waals surface area contributed by atoms with Crippen LogP contribution < -0.4 is 9.47 Å². The lowest BCUT2D eigenvalue weighted by Crippen LogP contribution is -2.00. The van der Waals surface area contributed by atoms with E-state index in [1.54, 1.807) is 20.3 Å². The maximum atomic E-state index is 12.1. The van der Waals surface area contributed by atoms with Gasteiger partial charge in [0.05, 0.1) is 14.2 Å². The number of ketones is 1. The molecule has 0 bridgehead atoms. The molecule has 2 aromatic carbocycles. The molecule has 3 nitrogen and oxygen atoms in total. The number of methoxy groups -OCH3 is 2. The summed E-state index contributed by atoms with van der Waals surface area (Å²) in [6.07, 6.45) is 0.469. The van der Waals surface area contributed by atoms with Gasteiger partial charge in [0.2, 0.25) is 0 Å². The van der Waals surface area contributed by atoms with Gasteiger partial charge in [0, 0.05) is 12.0 Å². The second-order valence-corrected chi connectivity index (χ2v) is 4.42. The zero-order valence-corrected chi connectivity index (χ0v) is 12.0. The normalized spacial score (nSPS) is 10.2. The van der Waals surface area contributed by atoms with Crippen LogP contribution in [-0.4, -0.2) is 20.0 Å². The summed E-state index contributed by atoms with van der Waals surface area (Å²) in [5, 5.41) is 0. The summed E-state index contributed by atoms with van der Waals surface area (Å²) in [6, 6.07) is 13.3. The molecule has 0 unspecified atom stereocenters. The Morgan fingerprint density at radius 1 is 0.950 bits per heavy atom. The third-order valence-electron chi connectivity index (χ3n) is 3.25. The number of benzene rings is 2. The van der Waals surface area contributed by atoms with Crippen molar-refractivity contribution < 1.29 is 14.3 Å². The summed E-state index contributed by atoms with van der Waals surface area (Å²) in [4.78, 5) is 12.1. The molecule has 0 aliphatic carbocycles. The van der Waals surface area contributed by atoms with Crippen molar-refractivity contribution in [1.82, 2.24) is 0 Å². The molecule has 2 aromatic rings. The van der Waals surface area contributed by atoms with Gasteiger partial charge in [-0.1, -0.05) is 19.1 Å². The minimum Gasteiger partial charge on any atom is -0.497 e. The van der Waals surface area contributed by atoms with Crippen LogP contribution >= 0.6 is 0 Å². The highest BCUT2D eigenvalue weighted by atomic mass is 16.5. The lowest BCUT2D eigenvalue weighted by atomic mass is 9.95. The highest BCUT2D eigenvalue weighted by molar-refractivity contribution is 6.02. The predicted octanol–water partition coefficient (Wildman–Crippen LogP) is 3.96. The molecule has 2 rings (SSSR count). The first-order chi connectivity index (χ1) is 9.69. The van der Waals surface area contributed by atoms with Crippen LogP contribution in [0.25, 0.3) is 11.1 Å². The Morgan fingerprint density at radius 3 is 2.10 bits per heavy atom. The summed E-state index contributed by atoms with van der Waals surface area (Å²) >= 11 is 0. The molecule has 0 amide bonds. The Balaban J connectivity index is 2.51. The first-order valence-corrected chi connectivity index (χ1v) is 6.55. The van der Waals surface area contributed by atoms with Crippen LogP contribution in [0.15, 0.2) is 42.5 Å². The van der Waals surface area contributed by atoms with Crippen LogP contribution in [0.1, 0.15) is 23.7 Å². The van der Waals surface area contributed by atoms with Crippen LogP contribution in [0.5, 0.6) is 11.5 Å². The van der Waals surface area contributed by atoms with E-state index in [0.29, 0.717) is 17.7 Å². The smallest absolute Gasteiger partial charge is 0.163 e. The molecule has 0 fully saturated rings. The van der Waals surface area contributed by atoms with Gasteiger partial charge in [0.15, 0.2) is 5.78 Å². The molecular weight excluding hydrogens is 252 g/mol. The lowest BCUT2D eigenvalue weighted by molar-refractivity contribution is 0.0988. The SMILES string of the molecule is CCC(=O)c1cc(OC)ccc1-c1ccc(OC)cc1. The Kier molecular flexibility index (Phi) is 4.41. The molecule has 20 heavy (non-hydrogen) atoms. The number of carbonyl (C=O) groups excluding carboxylic acids is 1. The zero-order valence-electron chi connectivity index (χ0n) is 12.0. The largest absolute Gasteiger partial charge is 0.497 e. The Bertz CT molecular complexity index is 600. The van der Waals surface area contributed by atoms with Crippen molar-refractivity contribution in [3.8, 4) is 22.6 Å². The zero-order chi connectivity index (χ0) is 14.5. The van der Waals surface area contributed by atoms with E-state index >= 15 is 0 Å². The molecule has 0 saturated heterocycles. The highest BCUT2D eigenvalue weighted by Gasteiger charge is 2.12. The van der Waals surface area contributed by atoms with Gasteiger partial charge in [-0.3, -0.25) is 4.79 Å². The summed E-state index contributed by atoms with van der Waals surface area (Å²) in [6.45, 7) is 1.86. The third-order valence-corrected chi connectivity index (χ3v) is 3.25. The highest BCUT2D eigenvalue weighted by Crippen LogP contribution is 2.29. The minimum atomic E-state index is 0.106. The van der Waals surface area contributed by atoms with E-state index in [-0.39, 0.29) is 5.78 Å². The van der Waals surface area contributed by atoms with Crippen LogP contribution in [0.4, 0.5) is 0 Å². The molecule has 0 aliphatic heterocycles. The van der Waals surface area contributed by atoms with Gasteiger partial charge in [0.1, 0.15) is 11.5 Å². The quantitative estimate of drug-likeness (QED) is 0.771. The van der Waals surface area contributed by atoms with Crippen molar-refractivity contribution in [1.29, 1.82) is 0 Å². The molecule has 0 N–H and O–H groups in total. The molecule has 0 heterocycles. The van der Waals surface area contributed by atoms with Gasteiger partial charge in [-0.05, 0) is 41.5 Å². The fraction of sp³-hybridized carbons (Fsp3) is 0.235. The number of hydrogen-bond donors (Lipinski definition) is 0. The number of rotatable bonds is 5. The number of Topliss-reactive ketones (excluding diaryl/α,β-unsaturated/α-hetero) is 1. The van der Waals surface area contributed by atoms with Crippen LogP contribution in [0, 0.1) is 0 Å². The van der Waals surface area contributed by atoms with Gasteiger partial charge in [-0.15, -0.1) is 0 Å². The fourth-order valence-corrected chi connectivity index (χ4v) is 2.09. The van der Waals surface area contributed by atoms with Crippen LogP contribution in [0.2, 0.25) is 0 Å². The maximum absolute atomic E-state index is 12.1. The fourth-order valence-electron chi connectivity index (χ4n) is 2.09. The van der Waals surface area contributed by atoms with Crippen LogP contribution in [-0.2, 0) is 0 Å². The van der Waals surface area contributed by atoms with E-state index in [1.807, 2.05) is 43.3 Å². The standard InChI is InChI=1S/C17H18O3/c1-4-17(18)16-11-14(20-3)9-10-15(16)12-5-7-13(19-2)8-6-12/h5-11H,4H2,1-3H3. The van der Waals surface area contributed by atoms with E-state index in [2.05, 4.69) is 0 Å². The first-order valence-electron chi connectivity index (χ1n) is 6.55. The van der Waals surface area contributed by atoms with Crippen LogP contribution in [0.3, 0.4) is 0 Å². The summed E-state index contributed by atoms with van der Waals surface area (Å²) in [5.74, 6) is 1.60. The van der Waals surface area contributed by atoms with Crippen molar-refractivity contribution in [3.63, 3.8) is 0 Å². The minimum absolute atomic E-state index is 0.106. The monoisotopic (exact) mass is 270 g/mol. The second-order valence-electron chi connectivity index (χ2n) is 4.42. The van der Waals surface area contributed by atoms with Gasteiger partial charge in [0.25, 0.3) is 0 Å². The van der Waals surface area contributed by atoms with E-state index in [0.717, 1.165) is 16.9 Å². The maximum Gasteiger partial charge on any atom is 0.163 e. The number of carbonyl (C=O) groups is 1. The number of ether oxygens (including phenoxy) is 2. The van der Waals surface area contributed by atoms with Gasteiger partial charge < -0.3 is 9.47 Å². The molecule has 0 spiro atoms. The van der Waals surface area contributed by atoms with Crippen molar-refractivity contribution in [2.45, 2.75) is 13.3 Å². The molecular formula is C17H18O3. The van der Waals surface area contributed by atoms with Crippen molar-refractivity contribution in [2.75, 3.05) is 14.2 Å². The van der Waals surface area contributed by atoms with Crippen molar-refractivity contribution >= 4 is 5.78 Å². The summed E-state index contributed by atoms with van der Waals surface area (Å²) < 4.78 is 10.4. The molecule has 0 saturated carbocycles. The van der Waals surface area contributed by atoms with Gasteiger partial charge in [-0.2, -0.15) is 0 Å². The predicted molar refractivity (Wildman–Crippen MR) is 79.6 cm³/mol. The van der Waals surface area contributed by atoms with E-state index in [4.69, 9.17) is 9.47 Å². The lowest BCUT2D eigenvalue weighted by Gasteiger charge is -2.11. The number of hydrogen-bond acceptors (Lipinski definition) is 3. The molecule has 0 aliphatic rings. The third kappa shape index (κ3) is 2.82. The molecule has 3 heteroatoms. The summed E-state index contributed by atoms with van der Waals surface area (Å²) in [7, 11) is 3.23. The van der Waals surface area contributed by atoms with E-state index in [9.17, 15) is 4.79 Å². The molecule has 0 radical (unpaired) electrons. The van der Waals surface area contributed by atoms with E-state index in [1.165, 1.54) is 0 Å². The molecule has 0 atom stereocenters.